The maximum absolute atomic E-state index is 5.97. The molecular formula is C21H34IN3O2. The normalized spacial score (nSPS) is 15.1. The molecule has 152 valence electrons. The molecule has 0 amide bonds. The van der Waals surface area contributed by atoms with Gasteiger partial charge in [-0.1, -0.05) is 30.3 Å². The van der Waals surface area contributed by atoms with Crippen molar-refractivity contribution in [3.63, 3.8) is 0 Å². The van der Waals surface area contributed by atoms with Crippen molar-refractivity contribution in [1.29, 1.82) is 0 Å². The molecule has 27 heavy (non-hydrogen) atoms. The zero-order chi connectivity index (χ0) is 18.6. The van der Waals surface area contributed by atoms with Crippen molar-refractivity contribution >= 4 is 29.9 Å². The molecule has 0 aromatic heterocycles. The summed E-state index contributed by atoms with van der Waals surface area (Å²) in [5.41, 5.74) is 2.45. The van der Waals surface area contributed by atoms with Crippen LogP contribution in [-0.4, -0.2) is 50.8 Å². The van der Waals surface area contributed by atoms with Crippen molar-refractivity contribution in [3.05, 3.63) is 48.0 Å². The molecular weight excluding hydrogens is 453 g/mol. The molecule has 1 aromatic carbocycles. The summed E-state index contributed by atoms with van der Waals surface area (Å²) in [6.07, 6.45) is 6.41. The first-order valence-corrected chi connectivity index (χ1v) is 9.52. The standard InChI is InChI=1S/C21H33N3O2.HI/c1-4-5-6-13-24(3)21(22-2)23-16-18-7-9-19(10-8-18)17-26-20-11-14-25-15-12-20;/h4,7-10,20H,1,5-6,11-17H2,2-3H3,(H,22,23);1H. The quantitative estimate of drug-likeness (QED) is 0.188. The molecule has 5 nitrogen and oxygen atoms in total. The van der Waals surface area contributed by atoms with Crippen LogP contribution in [0.3, 0.4) is 0 Å². The predicted molar refractivity (Wildman–Crippen MR) is 123 cm³/mol. The van der Waals surface area contributed by atoms with E-state index in [1.165, 1.54) is 11.1 Å². The largest absolute Gasteiger partial charge is 0.381 e. The predicted octanol–water partition coefficient (Wildman–Crippen LogP) is 3.97. The first-order valence-electron chi connectivity index (χ1n) is 9.52. The van der Waals surface area contributed by atoms with Gasteiger partial charge < -0.3 is 19.7 Å². The zero-order valence-corrected chi connectivity index (χ0v) is 19.0. The maximum Gasteiger partial charge on any atom is 0.193 e. The molecule has 0 atom stereocenters. The summed E-state index contributed by atoms with van der Waals surface area (Å²) in [6, 6.07) is 8.60. The van der Waals surface area contributed by atoms with Gasteiger partial charge in [-0.15, -0.1) is 30.6 Å². The molecule has 2 rings (SSSR count). The fourth-order valence-electron chi connectivity index (χ4n) is 2.95. The fourth-order valence-corrected chi connectivity index (χ4v) is 2.95. The van der Waals surface area contributed by atoms with Gasteiger partial charge in [0.2, 0.25) is 0 Å². The Balaban J connectivity index is 0.00000364. The second-order valence-corrected chi connectivity index (χ2v) is 6.69. The highest BCUT2D eigenvalue weighted by atomic mass is 127. The third kappa shape index (κ3) is 9.08. The van der Waals surface area contributed by atoms with Gasteiger partial charge >= 0.3 is 0 Å². The lowest BCUT2D eigenvalue weighted by molar-refractivity contribution is -0.0390. The molecule has 1 fully saturated rings. The molecule has 1 aromatic rings. The van der Waals surface area contributed by atoms with E-state index in [2.05, 4.69) is 53.1 Å². The molecule has 1 N–H and O–H groups in total. The van der Waals surface area contributed by atoms with Gasteiger partial charge in [-0.3, -0.25) is 4.99 Å². The van der Waals surface area contributed by atoms with Crippen LogP contribution >= 0.6 is 24.0 Å². The summed E-state index contributed by atoms with van der Waals surface area (Å²) < 4.78 is 11.3. The van der Waals surface area contributed by atoms with E-state index in [-0.39, 0.29) is 24.0 Å². The van der Waals surface area contributed by atoms with Gasteiger partial charge in [0.05, 0.1) is 12.7 Å². The number of halogens is 1. The van der Waals surface area contributed by atoms with Crippen LogP contribution in [0, 0.1) is 0 Å². The first-order chi connectivity index (χ1) is 12.7. The number of nitrogens with one attached hydrogen (secondary N) is 1. The highest BCUT2D eigenvalue weighted by Crippen LogP contribution is 2.14. The second-order valence-electron chi connectivity index (χ2n) is 6.69. The molecule has 0 bridgehead atoms. The summed E-state index contributed by atoms with van der Waals surface area (Å²) >= 11 is 0. The number of nitrogens with zero attached hydrogens (tertiary/aromatic N) is 2. The van der Waals surface area contributed by atoms with Crippen LogP contribution in [0.25, 0.3) is 0 Å². The maximum atomic E-state index is 5.97. The van der Waals surface area contributed by atoms with Crippen molar-refractivity contribution in [2.75, 3.05) is 33.9 Å². The third-order valence-corrected chi connectivity index (χ3v) is 4.60. The fraction of sp³-hybridized carbons (Fsp3) is 0.571. The summed E-state index contributed by atoms with van der Waals surface area (Å²) in [5.74, 6) is 0.918. The molecule has 0 saturated carbocycles. The van der Waals surface area contributed by atoms with Crippen molar-refractivity contribution in [2.24, 2.45) is 4.99 Å². The van der Waals surface area contributed by atoms with Crippen LogP contribution in [0.5, 0.6) is 0 Å². The highest BCUT2D eigenvalue weighted by Gasteiger charge is 2.13. The summed E-state index contributed by atoms with van der Waals surface area (Å²) in [4.78, 5) is 6.51. The van der Waals surface area contributed by atoms with E-state index in [0.29, 0.717) is 12.7 Å². The molecule has 0 aliphatic carbocycles. The van der Waals surface area contributed by atoms with E-state index in [1.54, 1.807) is 0 Å². The minimum absolute atomic E-state index is 0. The van der Waals surface area contributed by atoms with Gasteiger partial charge in [0.1, 0.15) is 0 Å². The van der Waals surface area contributed by atoms with E-state index < -0.39 is 0 Å². The summed E-state index contributed by atoms with van der Waals surface area (Å²) in [7, 11) is 3.89. The molecule has 0 radical (unpaired) electrons. The Labute approximate surface area is 181 Å². The molecule has 0 spiro atoms. The van der Waals surface area contributed by atoms with Crippen LogP contribution in [0.15, 0.2) is 41.9 Å². The van der Waals surface area contributed by atoms with E-state index in [9.17, 15) is 0 Å². The topological polar surface area (TPSA) is 46.1 Å². The second kappa shape index (κ2) is 14.0. The van der Waals surface area contributed by atoms with Crippen LogP contribution in [0.1, 0.15) is 36.8 Å². The van der Waals surface area contributed by atoms with E-state index in [4.69, 9.17) is 9.47 Å². The number of hydrogen-bond donors (Lipinski definition) is 1. The molecule has 6 heteroatoms. The van der Waals surface area contributed by atoms with Crippen molar-refractivity contribution < 1.29 is 9.47 Å². The van der Waals surface area contributed by atoms with Gasteiger partial charge in [0.25, 0.3) is 0 Å². The highest BCUT2D eigenvalue weighted by molar-refractivity contribution is 14.0. The molecule has 0 unspecified atom stereocenters. The Hall–Kier alpha value is -1.12. The lowest BCUT2D eigenvalue weighted by Crippen LogP contribution is -2.38. The first kappa shape index (κ1) is 23.9. The number of aliphatic imine (C=N–C) groups is 1. The Morgan fingerprint density at radius 3 is 2.59 bits per heavy atom. The van der Waals surface area contributed by atoms with Crippen LogP contribution in [0.4, 0.5) is 0 Å². The number of rotatable bonds is 9. The smallest absolute Gasteiger partial charge is 0.193 e. The van der Waals surface area contributed by atoms with E-state index >= 15 is 0 Å². The van der Waals surface area contributed by atoms with Crippen molar-refractivity contribution in [1.82, 2.24) is 10.2 Å². The van der Waals surface area contributed by atoms with Gasteiger partial charge in [-0.2, -0.15) is 0 Å². The van der Waals surface area contributed by atoms with Gasteiger partial charge in [-0.05, 0) is 36.8 Å². The number of unbranched alkanes of at least 4 members (excludes halogenated alkanes) is 1. The van der Waals surface area contributed by atoms with E-state index in [0.717, 1.165) is 57.9 Å². The number of allylic oxidation sites excluding steroid dienone is 1. The average Bonchev–Trinajstić information content (AvgIpc) is 2.69. The number of hydrogen-bond acceptors (Lipinski definition) is 3. The molecule has 1 aliphatic heterocycles. The zero-order valence-electron chi connectivity index (χ0n) is 16.7. The molecule has 1 heterocycles. The Bertz CT molecular complexity index is 557. The minimum atomic E-state index is 0. The van der Waals surface area contributed by atoms with Gasteiger partial charge in [-0.25, -0.2) is 0 Å². The number of guanidine groups is 1. The average molecular weight is 487 g/mol. The van der Waals surface area contributed by atoms with Crippen molar-refractivity contribution in [3.8, 4) is 0 Å². The van der Waals surface area contributed by atoms with Crippen LogP contribution < -0.4 is 5.32 Å². The number of ether oxygens (including phenoxy) is 2. The Morgan fingerprint density at radius 1 is 1.30 bits per heavy atom. The van der Waals surface area contributed by atoms with E-state index in [1.807, 2.05) is 13.1 Å². The van der Waals surface area contributed by atoms with Gasteiger partial charge in [0.15, 0.2) is 5.96 Å². The SMILES string of the molecule is C=CCCCN(C)C(=NC)NCc1ccc(COC2CCOCC2)cc1.I. The summed E-state index contributed by atoms with van der Waals surface area (Å²) in [6.45, 7) is 7.81. The monoisotopic (exact) mass is 487 g/mol. The number of benzene rings is 1. The Morgan fingerprint density at radius 2 is 1.96 bits per heavy atom. The lowest BCUT2D eigenvalue weighted by atomic mass is 10.1. The summed E-state index contributed by atoms with van der Waals surface area (Å²) in [5, 5.41) is 3.42. The molecule has 1 aliphatic rings. The third-order valence-electron chi connectivity index (χ3n) is 4.60. The molecule has 1 saturated heterocycles. The van der Waals surface area contributed by atoms with Crippen LogP contribution in [-0.2, 0) is 22.6 Å². The minimum Gasteiger partial charge on any atom is -0.381 e. The lowest BCUT2D eigenvalue weighted by Gasteiger charge is -2.22. The van der Waals surface area contributed by atoms with Crippen LogP contribution in [0.2, 0.25) is 0 Å². The van der Waals surface area contributed by atoms with Crippen molar-refractivity contribution in [2.45, 2.75) is 44.9 Å². The Kier molecular flexibility index (Phi) is 12.4. The van der Waals surface area contributed by atoms with Gasteiger partial charge in [0, 0.05) is 40.4 Å².